The first-order valence-corrected chi connectivity index (χ1v) is 7.28. The van der Waals surface area contributed by atoms with Crippen molar-refractivity contribution < 1.29 is 14.6 Å². The number of carboxylic acid groups (broad SMARTS) is 1. The maximum atomic E-state index is 10.4. The summed E-state index contributed by atoms with van der Waals surface area (Å²) in [7, 11) is 0. The smallest absolute Gasteiger partial charge is 0.329 e. The summed E-state index contributed by atoms with van der Waals surface area (Å²) in [5.74, 6) is -0.867. The summed E-state index contributed by atoms with van der Waals surface area (Å²) in [6.07, 6.45) is 8.73. The van der Waals surface area contributed by atoms with Gasteiger partial charge in [-0.3, -0.25) is 0 Å². The van der Waals surface area contributed by atoms with E-state index in [1.165, 1.54) is 38.6 Å². The Morgan fingerprint density at radius 1 is 1.22 bits per heavy atom. The van der Waals surface area contributed by atoms with E-state index < -0.39 is 5.97 Å². The minimum atomic E-state index is -0.867. The summed E-state index contributed by atoms with van der Waals surface area (Å²) in [5, 5.41) is 8.55. The van der Waals surface area contributed by atoms with Crippen LogP contribution in [0.3, 0.4) is 0 Å². The number of rotatable bonds is 9. The average Bonchev–Trinajstić information content (AvgIpc) is 2.37. The van der Waals surface area contributed by atoms with E-state index in [1.807, 2.05) is 0 Å². The van der Waals surface area contributed by atoms with Crippen molar-refractivity contribution in [1.82, 2.24) is 4.90 Å². The van der Waals surface area contributed by atoms with Crippen molar-refractivity contribution in [1.29, 1.82) is 0 Å². The molecule has 1 fully saturated rings. The average molecular weight is 257 g/mol. The highest BCUT2D eigenvalue weighted by Crippen LogP contribution is 2.14. The number of unbranched alkanes of at least 4 members (excludes halogenated alkanes) is 4. The van der Waals surface area contributed by atoms with Gasteiger partial charge in [0.25, 0.3) is 0 Å². The lowest BCUT2D eigenvalue weighted by Crippen LogP contribution is -2.38. The molecule has 0 aromatic rings. The van der Waals surface area contributed by atoms with E-state index in [4.69, 9.17) is 9.84 Å². The van der Waals surface area contributed by atoms with Crippen LogP contribution < -0.4 is 0 Å². The van der Waals surface area contributed by atoms with E-state index in [0.717, 1.165) is 25.9 Å². The lowest BCUT2D eigenvalue weighted by molar-refractivity contribution is -0.145. The van der Waals surface area contributed by atoms with E-state index in [0.29, 0.717) is 0 Å². The van der Waals surface area contributed by atoms with E-state index in [-0.39, 0.29) is 12.7 Å². The number of piperidine rings is 1. The van der Waals surface area contributed by atoms with Gasteiger partial charge in [0, 0.05) is 13.1 Å². The van der Waals surface area contributed by atoms with E-state index >= 15 is 0 Å². The van der Waals surface area contributed by atoms with Gasteiger partial charge < -0.3 is 14.7 Å². The topological polar surface area (TPSA) is 49.8 Å². The molecule has 0 amide bonds. The molecule has 4 heteroatoms. The van der Waals surface area contributed by atoms with Crippen LogP contribution in [0.25, 0.3) is 0 Å². The van der Waals surface area contributed by atoms with Crippen molar-refractivity contribution in [3.05, 3.63) is 0 Å². The van der Waals surface area contributed by atoms with Crippen molar-refractivity contribution in [2.45, 2.75) is 58.0 Å². The van der Waals surface area contributed by atoms with E-state index in [2.05, 4.69) is 11.8 Å². The SMILES string of the molecule is CCCCCCCN1CCC(OCC(=O)O)CC1. The first-order chi connectivity index (χ1) is 8.72. The molecule has 18 heavy (non-hydrogen) atoms. The fourth-order valence-corrected chi connectivity index (χ4v) is 2.43. The number of hydrogen-bond donors (Lipinski definition) is 1. The summed E-state index contributed by atoms with van der Waals surface area (Å²) < 4.78 is 5.32. The number of carboxylic acids is 1. The van der Waals surface area contributed by atoms with Crippen LogP contribution in [0.15, 0.2) is 0 Å². The molecular formula is C14H27NO3. The first-order valence-electron chi connectivity index (χ1n) is 7.28. The fraction of sp³-hybridized carbons (Fsp3) is 0.929. The van der Waals surface area contributed by atoms with E-state index in [1.54, 1.807) is 0 Å². The molecule has 0 unspecified atom stereocenters. The minimum absolute atomic E-state index is 0.150. The molecule has 0 radical (unpaired) electrons. The third-order valence-corrected chi connectivity index (χ3v) is 3.56. The molecule has 4 nitrogen and oxygen atoms in total. The van der Waals surface area contributed by atoms with Crippen molar-refractivity contribution >= 4 is 5.97 Å². The zero-order valence-corrected chi connectivity index (χ0v) is 11.6. The van der Waals surface area contributed by atoms with Crippen LogP contribution >= 0.6 is 0 Å². The molecule has 0 saturated carbocycles. The lowest BCUT2D eigenvalue weighted by Gasteiger charge is -2.31. The number of hydrogen-bond acceptors (Lipinski definition) is 3. The summed E-state index contributed by atoms with van der Waals surface area (Å²) >= 11 is 0. The highest BCUT2D eigenvalue weighted by molar-refractivity contribution is 5.68. The van der Waals surface area contributed by atoms with Crippen molar-refractivity contribution in [3.63, 3.8) is 0 Å². The standard InChI is InChI=1S/C14H27NO3/c1-2-3-4-5-6-9-15-10-7-13(8-11-15)18-12-14(16)17/h13H,2-12H2,1H3,(H,16,17). The highest BCUT2D eigenvalue weighted by Gasteiger charge is 2.19. The van der Waals surface area contributed by atoms with Crippen LogP contribution in [0.4, 0.5) is 0 Å². The summed E-state index contributed by atoms with van der Waals surface area (Å²) in [6, 6.07) is 0. The van der Waals surface area contributed by atoms with Gasteiger partial charge in [0.15, 0.2) is 0 Å². The number of aliphatic carboxylic acids is 1. The van der Waals surface area contributed by atoms with Crippen LogP contribution in [-0.2, 0) is 9.53 Å². The lowest BCUT2D eigenvalue weighted by atomic mass is 10.1. The third-order valence-electron chi connectivity index (χ3n) is 3.56. The maximum Gasteiger partial charge on any atom is 0.329 e. The Hall–Kier alpha value is -0.610. The Kier molecular flexibility index (Phi) is 8.01. The van der Waals surface area contributed by atoms with Crippen LogP contribution in [0.1, 0.15) is 51.9 Å². The van der Waals surface area contributed by atoms with Crippen LogP contribution in [0.5, 0.6) is 0 Å². The largest absolute Gasteiger partial charge is 0.480 e. The van der Waals surface area contributed by atoms with Gasteiger partial charge in [-0.05, 0) is 25.8 Å². The Labute approximate surface area is 110 Å². The normalized spacial score (nSPS) is 18.1. The summed E-state index contributed by atoms with van der Waals surface area (Å²) in [5.41, 5.74) is 0. The second-order valence-corrected chi connectivity index (χ2v) is 5.16. The molecule has 0 aliphatic carbocycles. The zero-order chi connectivity index (χ0) is 13.2. The quantitative estimate of drug-likeness (QED) is 0.645. The Morgan fingerprint density at radius 2 is 1.89 bits per heavy atom. The molecule has 1 N–H and O–H groups in total. The molecule has 1 aliphatic rings. The second kappa shape index (κ2) is 9.34. The number of nitrogens with zero attached hydrogens (tertiary/aromatic N) is 1. The Balaban J connectivity index is 1.99. The van der Waals surface area contributed by atoms with Gasteiger partial charge in [0.1, 0.15) is 6.61 Å². The van der Waals surface area contributed by atoms with Gasteiger partial charge >= 0.3 is 5.97 Å². The molecule has 1 saturated heterocycles. The fourth-order valence-electron chi connectivity index (χ4n) is 2.43. The molecule has 0 atom stereocenters. The second-order valence-electron chi connectivity index (χ2n) is 5.16. The van der Waals surface area contributed by atoms with Crippen LogP contribution in [-0.4, -0.2) is 48.3 Å². The Bertz CT molecular complexity index is 225. The number of likely N-dealkylation sites (tertiary alicyclic amines) is 1. The monoisotopic (exact) mass is 257 g/mol. The maximum absolute atomic E-state index is 10.4. The molecule has 0 aromatic carbocycles. The molecule has 0 spiro atoms. The molecule has 1 aliphatic heterocycles. The molecular weight excluding hydrogens is 230 g/mol. The minimum Gasteiger partial charge on any atom is -0.480 e. The number of carbonyl (C=O) groups is 1. The van der Waals surface area contributed by atoms with Gasteiger partial charge in [0.2, 0.25) is 0 Å². The zero-order valence-electron chi connectivity index (χ0n) is 11.6. The van der Waals surface area contributed by atoms with Crippen molar-refractivity contribution in [2.24, 2.45) is 0 Å². The number of ether oxygens (including phenoxy) is 1. The molecule has 0 bridgehead atoms. The first kappa shape index (κ1) is 15.4. The third kappa shape index (κ3) is 6.97. The predicted octanol–water partition coefficient (Wildman–Crippen LogP) is 2.52. The summed E-state index contributed by atoms with van der Waals surface area (Å²) in [4.78, 5) is 12.9. The van der Waals surface area contributed by atoms with Gasteiger partial charge in [-0.1, -0.05) is 32.6 Å². The van der Waals surface area contributed by atoms with Crippen LogP contribution in [0, 0.1) is 0 Å². The molecule has 106 valence electrons. The van der Waals surface area contributed by atoms with Gasteiger partial charge in [-0.15, -0.1) is 0 Å². The van der Waals surface area contributed by atoms with Crippen molar-refractivity contribution in [3.8, 4) is 0 Å². The van der Waals surface area contributed by atoms with Gasteiger partial charge in [-0.25, -0.2) is 4.79 Å². The van der Waals surface area contributed by atoms with E-state index in [9.17, 15) is 4.79 Å². The van der Waals surface area contributed by atoms with Crippen molar-refractivity contribution in [2.75, 3.05) is 26.2 Å². The highest BCUT2D eigenvalue weighted by atomic mass is 16.5. The van der Waals surface area contributed by atoms with Gasteiger partial charge in [0.05, 0.1) is 6.10 Å². The molecule has 1 heterocycles. The Morgan fingerprint density at radius 3 is 2.50 bits per heavy atom. The van der Waals surface area contributed by atoms with Crippen LogP contribution in [0.2, 0.25) is 0 Å². The molecule has 0 aromatic heterocycles. The van der Waals surface area contributed by atoms with Gasteiger partial charge in [-0.2, -0.15) is 0 Å². The predicted molar refractivity (Wildman–Crippen MR) is 71.8 cm³/mol. The molecule has 1 rings (SSSR count). The summed E-state index contributed by atoms with van der Waals surface area (Å²) in [6.45, 7) is 5.38.